The second-order valence-corrected chi connectivity index (χ2v) is 11.1. The minimum absolute atomic E-state index is 0.00599. The Kier molecular flexibility index (Phi) is 6.88. The van der Waals surface area contributed by atoms with Crippen LogP contribution in [-0.2, 0) is 9.53 Å². The van der Waals surface area contributed by atoms with Crippen molar-refractivity contribution in [3.63, 3.8) is 0 Å². The van der Waals surface area contributed by atoms with Gasteiger partial charge in [0.15, 0.2) is 0 Å². The Bertz CT molecular complexity index is 1260. The van der Waals surface area contributed by atoms with Crippen molar-refractivity contribution in [2.24, 2.45) is 5.41 Å². The maximum absolute atomic E-state index is 14.3. The molecular weight excluding hydrogens is 486 g/mol. The van der Waals surface area contributed by atoms with Crippen LogP contribution in [0.25, 0.3) is 11.1 Å². The Balaban J connectivity index is 1.17. The van der Waals surface area contributed by atoms with Gasteiger partial charge in [-0.3, -0.25) is 4.79 Å². The van der Waals surface area contributed by atoms with E-state index in [0.29, 0.717) is 38.2 Å². The van der Waals surface area contributed by atoms with Gasteiger partial charge in [0.05, 0.1) is 0 Å². The van der Waals surface area contributed by atoms with Gasteiger partial charge in [-0.05, 0) is 52.2 Å². The number of hydrogen-bond donors (Lipinski definition) is 0. The van der Waals surface area contributed by atoms with Crippen molar-refractivity contribution in [1.29, 1.82) is 0 Å². The molecule has 2 aromatic carbocycles. The topological polar surface area (TPSA) is 49.9 Å². The van der Waals surface area contributed by atoms with E-state index in [1.165, 1.54) is 24.1 Å². The number of alkyl halides is 2. The van der Waals surface area contributed by atoms with Gasteiger partial charge < -0.3 is 14.5 Å². The first-order chi connectivity index (χ1) is 18.1. The van der Waals surface area contributed by atoms with Crippen LogP contribution >= 0.6 is 0 Å². The predicted octanol–water partition coefficient (Wildman–Crippen LogP) is 6.41. The van der Waals surface area contributed by atoms with E-state index in [9.17, 15) is 18.4 Å². The van der Waals surface area contributed by atoms with Crippen molar-refractivity contribution >= 4 is 12.0 Å². The van der Waals surface area contributed by atoms with E-state index in [4.69, 9.17) is 4.74 Å². The second kappa shape index (κ2) is 10.0. The Morgan fingerprint density at radius 1 is 0.921 bits per heavy atom. The summed E-state index contributed by atoms with van der Waals surface area (Å²) in [5.41, 5.74) is 4.83. The Labute approximate surface area is 222 Å². The average molecular weight is 521 g/mol. The Morgan fingerprint density at radius 3 is 2.08 bits per heavy atom. The fourth-order valence-electron chi connectivity index (χ4n) is 5.90. The number of ether oxygens (including phenoxy) is 1. The molecule has 7 heteroatoms. The first kappa shape index (κ1) is 26.1. The van der Waals surface area contributed by atoms with Crippen molar-refractivity contribution in [2.45, 2.75) is 45.5 Å². The zero-order chi connectivity index (χ0) is 27.1. The summed E-state index contributed by atoms with van der Waals surface area (Å²) in [6.45, 7) is 7.03. The molecule has 5 rings (SSSR count). The van der Waals surface area contributed by atoms with Crippen LogP contribution in [0.15, 0.2) is 71.8 Å². The fourth-order valence-corrected chi connectivity index (χ4v) is 5.90. The number of benzene rings is 2. The number of nitrogens with zero attached hydrogens (tertiary/aromatic N) is 2. The highest BCUT2D eigenvalue weighted by Gasteiger charge is 2.42. The molecule has 5 nitrogen and oxygen atoms in total. The van der Waals surface area contributed by atoms with Gasteiger partial charge in [0, 0.05) is 44.6 Å². The van der Waals surface area contributed by atoms with Crippen LogP contribution in [0.3, 0.4) is 0 Å². The number of allylic oxidation sites excluding steroid dienone is 3. The molecule has 0 spiro atoms. The molecule has 2 aliphatic carbocycles. The van der Waals surface area contributed by atoms with Crippen LogP contribution in [0.5, 0.6) is 0 Å². The molecule has 2 aromatic rings. The van der Waals surface area contributed by atoms with Crippen LogP contribution in [-0.4, -0.2) is 60.5 Å². The third kappa shape index (κ3) is 4.86. The summed E-state index contributed by atoms with van der Waals surface area (Å²) in [6.07, 6.45) is 2.76. The normalized spacial score (nSPS) is 20.4. The molecule has 0 unspecified atom stereocenters. The molecule has 0 atom stereocenters. The standard InChI is InChI=1S/C31H34F2N2O3/c1-21-27(30(2,3)14-15-31(21,32)33)12-13-28(36)34-16-18-35(19-17-34)29(37)38-20-26-24-10-6-4-8-22(24)23-9-5-7-11-25(23)26/h4-13,26H,14-20H2,1-3H3. The highest BCUT2D eigenvalue weighted by molar-refractivity contribution is 5.88. The van der Waals surface area contributed by atoms with E-state index in [0.717, 1.165) is 11.1 Å². The number of carbonyl (C=O) groups excluding carboxylic acids is 2. The third-order valence-electron chi connectivity index (χ3n) is 8.32. The van der Waals surface area contributed by atoms with Crippen molar-refractivity contribution in [3.05, 3.63) is 83.0 Å². The summed E-state index contributed by atoms with van der Waals surface area (Å²) in [5.74, 6) is -3.08. The van der Waals surface area contributed by atoms with Crippen LogP contribution < -0.4 is 0 Å². The molecule has 2 amide bonds. The zero-order valence-electron chi connectivity index (χ0n) is 22.2. The Hall–Kier alpha value is -3.48. The van der Waals surface area contributed by atoms with Gasteiger partial charge in [-0.15, -0.1) is 0 Å². The number of hydrogen-bond acceptors (Lipinski definition) is 3. The molecule has 0 bridgehead atoms. The summed E-state index contributed by atoms with van der Waals surface area (Å²) in [7, 11) is 0. The SMILES string of the molecule is CC1=C(C=CC(=O)N2CCN(C(=O)OCC3c4ccccc4-c4ccccc43)CC2)C(C)(C)CCC1(F)F. The molecule has 1 aliphatic heterocycles. The number of fused-ring (bicyclic) bond motifs is 3. The van der Waals surface area contributed by atoms with Crippen LogP contribution in [0.1, 0.15) is 50.7 Å². The molecule has 38 heavy (non-hydrogen) atoms. The van der Waals surface area contributed by atoms with E-state index < -0.39 is 11.3 Å². The molecule has 1 saturated heterocycles. The van der Waals surface area contributed by atoms with Crippen molar-refractivity contribution in [2.75, 3.05) is 32.8 Å². The molecule has 0 aromatic heterocycles. The quantitative estimate of drug-likeness (QED) is 0.438. The molecule has 1 heterocycles. The first-order valence-electron chi connectivity index (χ1n) is 13.2. The number of halogens is 2. The van der Waals surface area contributed by atoms with Gasteiger partial charge in [0.25, 0.3) is 5.92 Å². The predicted molar refractivity (Wildman–Crippen MR) is 143 cm³/mol. The maximum atomic E-state index is 14.3. The molecule has 200 valence electrons. The maximum Gasteiger partial charge on any atom is 0.409 e. The largest absolute Gasteiger partial charge is 0.448 e. The summed E-state index contributed by atoms with van der Waals surface area (Å²) >= 11 is 0. The van der Waals surface area contributed by atoms with Gasteiger partial charge in [-0.2, -0.15) is 0 Å². The molecule has 0 saturated carbocycles. The van der Waals surface area contributed by atoms with Crippen LogP contribution in [0.2, 0.25) is 0 Å². The zero-order valence-corrected chi connectivity index (χ0v) is 22.2. The van der Waals surface area contributed by atoms with Crippen molar-refractivity contribution in [1.82, 2.24) is 9.80 Å². The minimum Gasteiger partial charge on any atom is -0.448 e. The average Bonchev–Trinajstić information content (AvgIpc) is 3.23. The van der Waals surface area contributed by atoms with Gasteiger partial charge in [-0.25, -0.2) is 13.6 Å². The van der Waals surface area contributed by atoms with Crippen molar-refractivity contribution in [3.8, 4) is 11.1 Å². The van der Waals surface area contributed by atoms with Gasteiger partial charge >= 0.3 is 6.09 Å². The fraction of sp³-hybridized carbons (Fsp3) is 0.419. The number of carbonyl (C=O) groups is 2. The monoisotopic (exact) mass is 520 g/mol. The molecule has 0 N–H and O–H groups in total. The Morgan fingerprint density at radius 2 is 1.47 bits per heavy atom. The molecular formula is C31H34F2N2O3. The second-order valence-electron chi connectivity index (χ2n) is 11.1. The minimum atomic E-state index is -2.84. The van der Waals surface area contributed by atoms with E-state index in [1.807, 2.05) is 38.1 Å². The lowest BCUT2D eigenvalue weighted by atomic mass is 9.71. The lowest BCUT2D eigenvalue weighted by molar-refractivity contribution is -0.127. The highest BCUT2D eigenvalue weighted by Crippen LogP contribution is 2.47. The molecule has 0 radical (unpaired) electrons. The van der Waals surface area contributed by atoms with E-state index in [2.05, 4.69) is 24.3 Å². The van der Waals surface area contributed by atoms with Gasteiger partial charge in [-0.1, -0.05) is 68.5 Å². The smallest absolute Gasteiger partial charge is 0.409 e. The van der Waals surface area contributed by atoms with Crippen LogP contribution in [0.4, 0.5) is 13.6 Å². The molecule has 3 aliphatic rings. The summed E-state index contributed by atoms with van der Waals surface area (Å²) in [4.78, 5) is 29.0. The van der Waals surface area contributed by atoms with Crippen LogP contribution in [0, 0.1) is 5.41 Å². The summed E-state index contributed by atoms with van der Waals surface area (Å²) < 4.78 is 34.3. The third-order valence-corrected chi connectivity index (χ3v) is 8.32. The lowest BCUT2D eigenvalue weighted by Gasteiger charge is -2.37. The van der Waals surface area contributed by atoms with Gasteiger partial charge in [0.2, 0.25) is 5.91 Å². The summed E-state index contributed by atoms with van der Waals surface area (Å²) in [5, 5.41) is 0. The van der Waals surface area contributed by atoms with Gasteiger partial charge in [0.1, 0.15) is 6.61 Å². The summed E-state index contributed by atoms with van der Waals surface area (Å²) in [6, 6.07) is 16.4. The lowest BCUT2D eigenvalue weighted by Crippen LogP contribution is -2.50. The van der Waals surface area contributed by atoms with E-state index in [1.54, 1.807) is 15.9 Å². The number of rotatable bonds is 4. The number of amides is 2. The number of piperazine rings is 1. The van der Waals surface area contributed by atoms with Crippen molar-refractivity contribution < 1.29 is 23.1 Å². The first-order valence-corrected chi connectivity index (χ1v) is 13.2. The van der Waals surface area contributed by atoms with E-state index >= 15 is 0 Å². The highest BCUT2D eigenvalue weighted by atomic mass is 19.3. The molecule has 1 fully saturated rings. The van der Waals surface area contributed by atoms with E-state index in [-0.39, 0.29) is 36.5 Å².